The van der Waals surface area contributed by atoms with Crippen molar-refractivity contribution >= 4 is 21.9 Å². The van der Waals surface area contributed by atoms with E-state index in [-0.39, 0.29) is 59.8 Å². The van der Waals surface area contributed by atoms with E-state index in [9.17, 15) is 20.1 Å². The van der Waals surface area contributed by atoms with E-state index in [1.165, 1.54) is 0 Å². The van der Waals surface area contributed by atoms with Crippen LogP contribution < -0.4 is 26.4 Å². The molecule has 9 heteroatoms. The van der Waals surface area contributed by atoms with Crippen molar-refractivity contribution in [1.82, 2.24) is 0 Å². The Hall–Kier alpha value is -3.37. The number of phenolic OH excluding ortho intramolecular Hbond substituents is 1. The minimum absolute atomic E-state index is 0.0119. The zero-order valence-corrected chi connectivity index (χ0v) is 23.3. The van der Waals surface area contributed by atoms with Crippen LogP contribution in [0.5, 0.6) is 17.2 Å². The van der Waals surface area contributed by atoms with Crippen molar-refractivity contribution in [1.29, 1.82) is 0 Å². The van der Waals surface area contributed by atoms with Gasteiger partial charge in [0.05, 0.1) is 5.39 Å². The fraction of sp³-hybridized carbons (Fsp3) is 0.433. The zero-order valence-electron chi connectivity index (χ0n) is 23.3. The molecule has 212 valence electrons. The number of hydrogen-bond donors (Lipinski definition) is 5. The Morgan fingerprint density at radius 1 is 0.872 bits per heavy atom. The number of benzene rings is 2. The van der Waals surface area contributed by atoms with Crippen LogP contribution in [0.3, 0.4) is 0 Å². The van der Waals surface area contributed by atoms with Gasteiger partial charge in [-0.2, -0.15) is 0 Å². The molecule has 39 heavy (non-hydrogen) atoms. The van der Waals surface area contributed by atoms with Crippen molar-refractivity contribution in [3.05, 3.63) is 62.3 Å². The molecule has 0 spiro atoms. The van der Waals surface area contributed by atoms with E-state index in [0.717, 1.165) is 16.7 Å². The van der Waals surface area contributed by atoms with Crippen molar-refractivity contribution in [2.45, 2.75) is 59.7 Å². The van der Waals surface area contributed by atoms with Gasteiger partial charge in [-0.25, -0.2) is 0 Å². The Morgan fingerprint density at radius 2 is 1.36 bits per heavy atom. The molecule has 1 aromatic heterocycles. The number of aliphatic hydroxyl groups excluding tert-OH is 2. The highest BCUT2D eigenvalue weighted by molar-refractivity contribution is 5.97. The average molecular weight is 541 g/mol. The number of hydrogen-bond acceptors (Lipinski definition) is 9. The summed E-state index contributed by atoms with van der Waals surface area (Å²) < 4.78 is 17.9. The van der Waals surface area contributed by atoms with Gasteiger partial charge in [0, 0.05) is 30.8 Å². The SMILES string of the molecule is CC(C)=CCc1c(OCC(O)CN)cc2oc3cc(OCC(O)CN)c(C)c(CC=C(C)C)c3c(=O)c2c1O. The smallest absolute Gasteiger partial charge is 0.204 e. The van der Waals surface area contributed by atoms with Crippen LogP contribution in [0.25, 0.3) is 21.9 Å². The fourth-order valence-corrected chi connectivity index (χ4v) is 4.17. The molecule has 0 saturated carbocycles. The van der Waals surface area contributed by atoms with Gasteiger partial charge in [0.15, 0.2) is 0 Å². The highest BCUT2D eigenvalue weighted by Crippen LogP contribution is 2.39. The van der Waals surface area contributed by atoms with Crippen LogP contribution in [0.15, 0.2) is 44.6 Å². The van der Waals surface area contributed by atoms with E-state index >= 15 is 0 Å². The van der Waals surface area contributed by atoms with E-state index in [1.807, 2.05) is 46.8 Å². The number of aromatic hydroxyl groups is 1. The normalized spacial score (nSPS) is 12.8. The van der Waals surface area contributed by atoms with Crippen molar-refractivity contribution in [2.75, 3.05) is 26.3 Å². The summed E-state index contributed by atoms with van der Waals surface area (Å²) in [5, 5.41) is 31.6. The van der Waals surface area contributed by atoms with Crippen molar-refractivity contribution < 1.29 is 29.2 Å². The molecule has 3 rings (SSSR count). The summed E-state index contributed by atoms with van der Waals surface area (Å²) in [5.74, 6) is 0.517. The molecule has 9 nitrogen and oxygen atoms in total. The molecule has 1 heterocycles. The Balaban J connectivity index is 2.35. The molecule has 0 bridgehead atoms. The lowest BCUT2D eigenvalue weighted by atomic mass is 9.96. The first-order valence-corrected chi connectivity index (χ1v) is 13.0. The number of allylic oxidation sites excluding steroid dienone is 4. The predicted molar refractivity (Wildman–Crippen MR) is 154 cm³/mol. The lowest BCUT2D eigenvalue weighted by molar-refractivity contribution is 0.113. The maximum absolute atomic E-state index is 14.0. The lowest BCUT2D eigenvalue weighted by Crippen LogP contribution is -2.27. The second kappa shape index (κ2) is 13.1. The van der Waals surface area contributed by atoms with Gasteiger partial charge in [-0.3, -0.25) is 4.79 Å². The van der Waals surface area contributed by atoms with Gasteiger partial charge < -0.3 is 40.7 Å². The van der Waals surface area contributed by atoms with Crippen LogP contribution in [0.1, 0.15) is 44.4 Å². The molecule has 0 aliphatic heterocycles. The second-order valence-corrected chi connectivity index (χ2v) is 10.2. The molecule has 0 amide bonds. The standard InChI is InChI=1S/C30H40N2O7/c1-16(2)6-8-21-18(5)23(37-14-19(33)12-31)10-25-27(21)30(36)28-26(39-25)11-24(38-15-20(34)13-32)22(29(28)35)9-7-17(3)4/h6-7,10-11,19-20,33-35H,8-9,12-15,31-32H2,1-5H3. The number of ether oxygens (including phenoxy) is 2. The third kappa shape index (κ3) is 6.99. The minimum atomic E-state index is -0.896. The van der Waals surface area contributed by atoms with Crippen LogP contribution in [0, 0.1) is 6.92 Å². The van der Waals surface area contributed by atoms with Gasteiger partial charge in [-0.1, -0.05) is 23.3 Å². The third-order valence-electron chi connectivity index (χ3n) is 6.47. The van der Waals surface area contributed by atoms with E-state index in [4.69, 9.17) is 25.4 Å². The second-order valence-electron chi connectivity index (χ2n) is 10.2. The molecule has 2 unspecified atom stereocenters. The first-order chi connectivity index (χ1) is 18.5. The molecule has 2 aromatic carbocycles. The van der Waals surface area contributed by atoms with Crippen LogP contribution in [-0.4, -0.2) is 53.8 Å². The fourth-order valence-electron chi connectivity index (χ4n) is 4.17. The highest BCUT2D eigenvalue weighted by atomic mass is 16.5. The van der Waals surface area contributed by atoms with Gasteiger partial charge >= 0.3 is 0 Å². The summed E-state index contributed by atoms with van der Waals surface area (Å²) in [6.07, 6.45) is 2.94. The molecule has 0 aliphatic carbocycles. The first-order valence-electron chi connectivity index (χ1n) is 13.0. The maximum atomic E-state index is 14.0. The van der Waals surface area contributed by atoms with Crippen LogP contribution in [0.4, 0.5) is 0 Å². The topological polar surface area (TPSA) is 161 Å². The molecule has 0 aliphatic rings. The molecule has 0 fully saturated rings. The van der Waals surface area contributed by atoms with E-state index in [1.54, 1.807) is 12.1 Å². The van der Waals surface area contributed by atoms with Crippen LogP contribution in [0.2, 0.25) is 0 Å². The molecule has 0 saturated heterocycles. The molecule has 3 aromatic rings. The number of rotatable bonds is 12. The molecule has 0 radical (unpaired) electrons. The third-order valence-corrected chi connectivity index (χ3v) is 6.47. The van der Waals surface area contributed by atoms with E-state index in [0.29, 0.717) is 35.1 Å². The van der Waals surface area contributed by atoms with Crippen LogP contribution in [-0.2, 0) is 12.8 Å². The Morgan fingerprint density at radius 3 is 1.90 bits per heavy atom. The maximum Gasteiger partial charge on any atom is 0.204 e. The van der Waals surface area contributed by atoms with Crippen molar-refractivity contribution in [3.63, 3.8) is 0 Å². The lowest BCUT2D eigenvalue weighted by Gasteiger charge is -2.18. The molecule has 2 atom stereocenters. The number of phenols is 1. The van der Waals surface area contributed by atoms with Gasteiger partial charge in [0.2, 0.25) is 5.43 Å². The summed E-state index contributed by atoms with van der Waals surface area (Å²) in [6.45, 7) is 9.61. The summed E-state index contributed by atoms with van der Waals surface area (Å²) in [5.41, 5.74) is 15.0. The summed E-state index contributed by atoms with van der Waals surface area (Å²) in [6, 6.07) is 3.18. The largest absolute Gasteiger partial charge is 0.507 e. The Kier molecular flexibility index (Phi) is 10.2. The quantitative estimate of drug-likeness (QED) is 0.171. The van der Waals surface area contributed by atoms with Crippen LogP contribution >= 0.6 is 0 Å². The van der Waals surface area contributed by atoms with E-state index in [2.05, 4.69) is 0 Å². The number of nitrogens with two attached hydrogens (primary N) is 2. The average Bonchev–Trinajstić information content (AvgIpc) is 2.89. The summed E-state index contributed by atoms with van der Waals surface area (Å²) in [4.78, 5) is 14.0. The number of aliphatic hydroxyl groups is 2. The molecule has 7 N–H and O–H groups in total. The van der Waals surface area contributed by atoms with Gasteiger partial charge in [0.1, 0.15) is 59.2 Å². The van der Waals surface area contributed by atoms with Gasteiger partial charge in [-0.05, 0) is 58.6 Å². The summed E-state index contributed by atoms with van der Waals surface area (Å²) >= 11 is 0. The first kappa shape index (κ1) is 30.2. The predicted octanol–water partition coefficient (Wildman–Crippen LogP) is 3.37. The number of fused-ring (bicyclic) bond motifs is 2. The highest BCUT2D eigenvalue weighted by Gasteiger charge is 2.23. The van der Waals surface area contributed by atoms with Crippen molar-refractivity contribution in [3.8, 4) is 17.2 Å². The Bertz CT molecular complexity index is 1450. The van der Waals surface area contributed by atoms with Gasteiger partial charge in [-0.15, -0.1) is 0 Å². The Labute approximate surface area is 228 Å². The minimum Gasteiger partial charge on any atom is -0.507 e. The van der Waals surface area contributed by atoms with Gasteiger partial charge in [0.25, 0.3) is 0 Å². The molecular formula is C30H40N2O7. The zero-order chi connectivity index (χ0) is 28.9. The summed E-state index contributed by atoms with van der Waals surface area (Å²) in [7, 11) is 0. The van der Waals surface area contributed by atoms with Crippen molar-refractivity contribution in [2.24, 2.45) is 11.5 Å². The molecular weight excluding hydrogens is 500 g/mol. The van der Waals surface area contributed by atoms with E-state index < -0.39 is 12.2 Å². The monoisotopic (exact) mass is 540 g/mol.